The number of methoxy groups -OCH3 is 3. The fourth-order valence-corrected chi connectivity index (χ4v) is 4.26. The molecule has 1 aromatic carbocycles. The Morgan fingerprint density at radius 3 is 2.29 bits per heavy atom. The highest BCUT2D eigenvalue weighted by atomic mass is 16.5. The maximum atomic E-state index is 5.63. The molecule has 2 aliphatic rings. The molecule has 1 saturated carbocycles. The number of nitrogens with zero attached hydrogens (tertiary/aromatic N) is 1. The van der Waals surface area contributed by atoms with E-state index >= 15 is 0 Å². The monoisotopic (exact) mass is 334 g/mol. The first-order valence-corrected chi connectivity index (χ1v) is 8.97. The molecule has 0 atom stereocenters. The second kappa shape index (κ2) is 7.62. The summed E-state index contributed by atoms with van der Waals surface area (Å²) in [5.41, 5.74) is 1.47. The SMILES string of the molecule is COc1cc(OC)c(OC)cc1CN1CCNCC12CCCCC2. The largest absolute Gasteiger partial charge is 0.496 e. The van der Waals surface area contributed by atoms with Crippen LogP contribution in [0.4, 0.5) is 0 Å². The smallest absolute Gasteiger partial charge is 0.164 e. The Labute approximate surface area is 145 Å². The highest BCUT2D eigenvalue weighted by molar-refractivity contribution is 5.50. The van der Waals surface area contributed by atoms with Gasteiger partial charge < -0.3 is 19.5 Å². The fraction of sp³-hybridized carbons (Fsp3) is 0.684. The van der Waals surface area contributed by atoms with Crippen molar-refractivity contribution >= 4 is 0 Å². The summed E-state index contributed by atoms with van der Waals surface area (Å²) in [4.78, 5) is 2.66. The fourth-order valence-electron chi connectivity index (χ4n) is 4.26. The van der Waals surface area contributed by atoms with Gasteiger partial charge in [-0.3, -0.25) is 4.90 Å². The van der Waals surface area contributed by atoms with Crippen LogP contribution in [0.3, 0.4) is 0 Å². The van der Waals surface area contributed by atoms with Crippen LogP contribution in [0, 0.1) is 0 Å². The third kappa shape index (κ3) is 3.33. The van der Waals surface area contributed by atoms with Crippen molar-refractivity contribution in [1.82, 2.24) is 10.2 Å². The lowest BCUT2D eigenvalue weighted by Crippen LogP contribution is -2.61. The standard InChI is InChI=1S/C19H30N2O3/c1-22-16-12-18(24-3)17(23-2)11-15(16)13-21-10-9-20-14-19(21)7-5-4-6-8-19/h11-12,20H,4-10,13-14H2,1-3H3. The van der Waals surface area contributed by atoms with Gasteiger partial charge >= 0.3 is 0 Å². The highest BCUT2D eigenvalue weighted by Crippen LogP contribution is 2.39. The Balaban J connectivity index is 1.88. The lowest BCUT2D eigenvalue weighted by Gasteiger charge is -2.50. The van der Waals surface area contributed by atoms with Gasteiger partial charge in [0.15, 0.2) is 11.5 Å². The summed E-state index contributed by atoms with van der Waals surface area (Å²) in [5, 5.41) is 3.61. The molecule has 0 amide bonds. The summed E-state index contributed by atoms with van der Waals surface area (Å²) < 4.78 is 16.5. The highest BCUT2D eigenvalue weighted by Gasteiger charge is 2.39. The van der Waals surface area contributed by atoms with Crippen molar-refractivity contribution in [3.05, 3.63) is 17.7 Å². The molecule has 1 aliphatic carbocycles. The van der Waals surface area contributed by atoms with E-state index in [0.29, 0.717) is 11.3 Å². The zero-order valence-electron chi connectivity index (χ0n) is 15.2. The van der Waals surface area contributed by atoms with Crippen molar-refractivity contribution < 1.29 is 14.2 Å². The molecule has 1 spiro atoms. The lowest BCUT2D eigenvalue weighted by atomic mass is 9.79. The van der Waals surface area contributed by atoms with E-state index in [0.717, 1.165) is 37.7 Å². The van der Waals surface area contributed by atoms with E-state index in [2.05, 4.69) is 16.3 Å². The zero-order chi connectivity index (χ0) is 17.0. The first-order valence-electron chi connectivity index (χ1n) is 8.97. The Morgan fingerprint density at radius 1 is 0.958 bits per heavy atom. The van der Waals surface area contributed by atoms with E-state index in [1.807, 2.05) is 6.07 Å². The number of piperazine rings is 1. The molecule has 134 valence electrons. The quantitative estimate of drug-likeness (QED) is 0.897. The number of hydrogen-bond donors (Lipinski definition) is 1. The molecule has 1 aliphatic heterocycles. The summed E-state index contributed by atoms with van der Waals surface area (Å²) in [7, 11) is 5.06. The summed E-state index contributed by atoms with van der Waals surface area (Å²) >= 11 is 0. The van der Waals surface area contributed by atoms with Crippen molar-refractivity contribution in [2.24, 2.45) is 0 Å². The van der Waals surface area contributed by atoms with E-state index in [1.165, 1.54) is 37.7 Å². The van der Waals surface area contributed by atoms with E-state index in [1.54, 1.807) is 21.3 Å². The molecule has 1 heterocycles. The molecule has 1 saturated heterocycles. The van der Waals surface area contributed by atoms with Crippen molar-refractivity contribution in [3.63, 3.8) is 0 Å². The van der Waals surface area contributed by atoms with Crippen LogP contribution in [0.15, 0.2) is 12.1 Å². The van der Waals surface area contributed by atoms with Crippen molar-refractivity contribution in [1.29, 1.82) is 0 Å². The Bertz CT molecular complexity index is 548. The molecule has 5 heteroatoms. The minimum Gasteiger partial charge on any atom is -0.496 e. The van der Waals surface area contributed by atoms with Gasteiger partial charge in [-0.15, -0.1) is 0 Å². The molecule has 0 unspecified atom stereocenters. The van der Waals surface area contributed by atoms with Crippen LogP contribution >= 0.6 is 0 Å². The molecule has 24 heavy (non-hydrogen) atoms. The first-order chi connectivity index (χ1) is 11.7. The predicted molar refractivity (Wildman–Crippen MR) is 95.2 cm³/mol. The van der Waals surface area contributed by atoms with Gasteiger partial charge in [-0.2, -0.15) is 0 Å². The average molecular weight is 334 g/mol. The Morgan fingerprint density at radius 2 is 1.62 bits per heavy atom. The van der Waals surface area contributed by atoms with Gasteiger partial charge in [0, 0.05) is 43.3 Å². The molecular formula is C19H30N2O3. The van der Waals surface area contributed by atoms with Gasteiger partial charge in [0.1, 0.15) is 5.75 Å². The van der Waals surface area contributed by atoms with E-state index < -0.39 is 0 Å². The van der Waals surface area contributed by atoms with Crippen LogP contribution in [0.1, 0.15) is 37.7 Å². The summed E-state index contributed by atoms with van der Waals surface area (Å²) in [6.45, 7) is 4.13. The molecule has 3 rings (SSSR count). The van der Waals surface area contributed by atoms with Crippen LogP contribution in [-0.2, 0) is 6.54 Å². The maximum absolute atomic E-state index is 5.63. The van der Waals surface area contributed by atoms with Gasteiger partial charge in [0.2, 0.25) is 0 Å². The minimum atomic E-state index is 0.300. The Kier molecular flexibility index (Phi) is 5.51. The van der Waals surface area contributed by atoms with Crippen LogP contribution < -0.4 is 19.5 Å². The summed E-state index contributed by atoms with van der Waals surface area (Å²) in [6, 6.07) is 4.00. The normalized spacial score (nSPS) is 20.8. The Hall–Kier alpha value is -1.46. The summed E-state index contributed by atoms with van der Waals surface area (Å²) in [6.07, 6.45) is 6.61. The van der Waals surface area contributed by atoms with Crippen LogP contribution in [-0.4, -0.2) is 51.4 Å². The first kappa shape index (κ1) is 17.4. The minimum absolute atomic E-state index is 0.300. The number of rotatable bonds is 5. The predicted octanol–water partition coefficient (Wildman–Crippen LogP) is 2.82. The second-order valence-corrected chi connectivity index (χ2v) is 6.90. The van der Waals surface area contributed by atoms with Crippen molar-refractivity contribution in [2.45, 2.75) is 44.2 Å². The van der Waals surface area contributed by atoms with E-state index in [-0.39, 0.29) is 0 Å². The van der Waals surface area contributed by atoms with Gasteiger partial charge in [-0.25, -0.2) is 0 Å². The topological polar surface area (TPSA) is 43.0 Å². The maximum Gasteiger partial charge on any atom is 0.164 e. The van der Waals surface area contributed by atoms with Crippen molar-refractivity contribution in [2.75, 3.05) is 41.0 Å². The van der Waals surface area contributed by atoms with E-state index in [4.69, 9.17) is 14.2 Å². The second-order valence-electron chi connectivity index (χ2n) is 6.90. The molecule has 0 aromatic heterocycles. The third-order valence-electron chi connectivity index (χ3n) is 5.62. The van der Waals surface area contributed by atoms with E-state index in [9.17, 15) is 0 Å². The average Bonchev–Trinajstić information content (AvgIpc) is 2.64. The molecule has 0 bridgehead atoms. The van der Waals surface area contributed by atoms with Crippen LogP contribution in [0.25, 0.3) is 0 Å². The summed E-state index contributed by atoms with van der Waals surface area (Å²) in [5.74, 6) is 2.35. The molecule has 2 fully saturated rings. The lowest BCUT2D eigenvalue weighted by molar-refractivity contribution is 0.0203. The van der Waals surface area contributed by atoms with Crippen LogP contribution in [0.2, 0.25) is 0 Å². The molecule has 5 nitrogen and oxygen atoms in total. The van der Waals surface area contributed by atoms with Gasteiger partial charge in [-0.1, -0.05) is 19.3 Å². The molecular weight excluding hydrogens is 304 g/mol. The third-order valence-corrected chi connectivity index (χ3v) is 5.62. The number of hydrogen-bond acceptors (Lipinski definition) is 5. The number of benzene rings is 1. The van der Waals surface area contributed by atoms with Gasteiger partial charge in [0.05, 0.1) is 21.3 Å². The zero-order valence-corrected chi connectivity index (χ0v) is 15.2. The van der Waals surface area contributed by atoms with Crippen LogP contribution in [0.5, 0.6) is 17.2 Å². The van der Waals surface area contributed by atoms with Crippen molar-refractivity contribution in [3.8, 4) is 17.2 Å². The van der Waals surface area contributed by atoms with Gasteiger partial charge in [-0.05, 0) is 18.9 Å². The van der Waals surface area contributed by atoms with Gasteiger partial charge in [0.25, 0.3) is 0 Å². The molecule has 1 aromatic rings. The molecule has 0 radical (unpaired) electrons. The number of ether oxygens (including phenoxy) is 3. The molecule has 1 N–H and O–H groups in total. The number of nitrogens with one attached hydrogen (secondary N) is 1.